The quantitative estimate of drug-likeness (QED) is 0.912. The molecule has 0 aliphatic heterocycles. The number of hydrogen-bond donors (Lipinski definition) is 1. The van der Waals surface area contributed by atoms with Gasteiger partial charge in [-0.2, -0.15) is 0 Å². The Morgan fingerprint density at radius 1 is 1.10 bits per heavy atom. The van der Waals surface area contributed by atoms with E-state index < -0.39 is 11.6 Å². The lowest BCUT2D eigenvalue weighted by molar-refractivity contribution is 0.290. The predicted molar refractivity (Wildman–Crippen MR) is 75.0 cm³/mol. The molecule has 2 rings (SSSR count). The van der Waals surface area contributed by atoms with Gasteiger partial charge in [0.05, 0.1) is 10.6 Å². The van der Waals surface area contributed by atoms with Gasteiger partial charge in [0.2, 0.25) is 0 Å². The van der Waals surface area contributed by atoms with E-state index >= 15 is 0 Å². The second-order valence-electron chi connectivity index (χ2n) is 4.07. The lowest BCUT2D eigenvalue weighted by Crippen LogP contribution is -2.06. The lowest BCUT2D eigenvalue weighted by atomic mass is 10.2. The predicted octanol–water partition coefficient (Wildman–Crippen LogP) is 4.31. The summed E-state index contributed by atoms with van der Waals surface area (Å²) in [4.78, 5) is 0. The van der Waals surface area contributed by atoms with Gasteiger partial charge in [-0.15, -0.1) is 0 Å². The van der Waals surface area contributed by atoms with Gasteiger partial charge in [0.1, 0.15) is 24.0 Å². The third-order valence-electron chi connectivity index (χ3n) is 2.73. The number of halogens is 4. The van der Waals surface area contributed by atoms with Crippen LogP contribution in [0.4, 0.5) is 8.78 Å². The molecule has 0 spiro atoms. The molecule has 0 unspecified atom stereocenters. The number of benzene rings is 2. The van der Waals surface area contributed by atoms with Crippen LogP contribution in [0.1, 0.15) is 11.1 Å². The molecule has 0 aliphatic carbocycles. The highest BCUT2D eigenvalue weighted by atomic mass is 35.5. The standard InChI is InChI=1S/C14H11Cl2F2NO/c15-9-4-8(6-19)14(11(16)5-9)20-7-10-12(17)2-1-3-13(10)18/h1-5H,6-7,19H2. The fraction of sp³-hybridized carbons (Fsp3) is 0.143. The molecule has 0 atom stereocenters. The normalized spacial score (nSPS) is 10.7. The van der Waals surface area contributed by atoms with Gasteiger partial charge in [0.15, 0.2) is 0 Å². The van der Waals surface area contributed by atoms with Gasteiger partial charge in [-0.3, -0.25) is 0 Å². The van der Waals surface area contributed by atoms with Crippen molar-refractivity contribution in [2.75, 3.05) is 0 Å². The van der Waals surface area contributed by atoms with Gasteiger partial charge >= 0.3 is 0 Å². The molecule has 0 heterocycles. The fourth-order valence-electron chi connectivity index (χ4n) is 1.74. The molecule has 2 aromatic rings. The molecule has 0 radical (unpaired) electrons. The third-order valence-corrected chi connectivity index (χ3v) is 3.23. The van der Waals surface area contributed by atoms with Crippen LogP contribution in [-0.2, 0) is 13.2 Å². The molecule has 6 heteroatoms. The lowest BCUT2D eigenvalue weighted by Gasteiger charge is -2.13. The molecule has 2 N–H and O–H groups in total. The Bertz CT molecular complexity index is 615. The van der Waals surface area contributed by atoms with Gasteiger partial charge in [-0.1, -0.05) is 29.3 Å². The zero-order chi connectivity index (χ0) is 14.7. The highest BCUT2D eigenvalue weighted by Gasteiger charge is 2.13. The Labute approximate surface area is 125 Å². The van der Waals surface area contributed by atoms with E-state index in [1.165, 1.54) is 12.1 Å². The van der Waals surface area contributed by atoms with Gasteiger partial charge < -0.3 is 10.5 Å². The third kappa shape index (κ3) is 3.20. The van der Waals surface area contributed by atoms with Crippen LogP contribution in [0.25, 0.3) is 0 Å². The highest BCUT2D eigenvalue weighted by molar-refractivity contribution is 6.35. The Kier molecular flexibility index (Phi) is 4.81. The first-order valence-electron chi connectivity index (χ1n) is 5.76. The second kappa shape index (κ2) is 6.39. The van der Waals surface area contributed by atoms with Crippen molar-refractivity contribution in [2.24, 2.45) is 5.73 Å². The van der Waals surface area contributed by atoms with Crippen LogP contribution in [0.15, 0.2) is 30.3 Å². The molecule has 106 valence electrons. The molecule has 0 saturated heterocycles. The maximum absolute atomic E-state index is 13.5. The second-order valence-corrected chi connectivity index (χ2v) is 4.91. The molecule has 0 aliphatic rings. The Morgan fingerprint density at radius 2 is 1.75 bits per heavy atom. The zero-order valence-corrected chi connectivity index (χ0v) is 11.8. The van der Waals surface area contributed by atoms with E-state index in [1.807, 2.05) is 0 Å². The monoisotopic (exact) mass is 317 g/mol. The van der Waals surface area contributed by atoms with Crippen LogP contribution in [0.5, 0.6) is 5.75 Å². The number of rotatable bonds is 4. The first-order chi connectivity index (χ1) is 9.52. The summed E-state index contributed by atoms with van der Waals surface area (Å²) in [6, 6.07) is 6.69. The smallest absolute Gasteiger partial charge is 0.142 e. The van der Waals surface area contributed by atoms with Crippen molar-refractivity contribution in [2.45, 2.75) is 13.2 Å². The van der Waals surface area contributed by atoms with Crippen molar-refractivity contribution >= 4 is 23.2 Å². The van der Waals surface area contributed by atoms with Crippen LogP contribution >= 0.6 is 23.2 Å². The molecular formula is C14H11Cl2F2NO. The van der Waals surface area contributed by atoms with Crippen molar-refractivity contribution in [3.05, 3.63) is 63.1 Å². The summed E-state index contributed by atoms with van der Waals surface area (Å²) in [5, 5.41) is 0.662. The minimum Gasteiger partial charge on any atom is -0.487 e. The summed E-state index contributed by atoms with van der Waals surface area (Å²) in [6.45, 7) is -0.137. The zero-order valence-electron chi connectivity index (χ0n) is 10.3. The fourth-order valence-corrected chi connectivity index (χ4v) is 2.33. The average molecular weight is 318 g/mol. The molecular weight excluding hydrogens is 307 g/mol. The van der Waals surface area contributed by atoms with Crippen molar-refractivity contribution in [1.82, 2.24) is 0 Å². The SMILES string of the molecule is NCc1cc(Cl)cc(Cl)c1OCc1c(F)cccc1F. The molecule has 20 heavy (non-hydrogen) atoms. The largest absolute Gasteiger partial charge is 0.487 e. The van der Waals surface area contributed by atoms with E-state index in [4.69, 9.17) is 33.7 Å². The molecule has 2 aromatic carbocycles. The maximum atomic E-state index is 13.5. The highest BCUT2D eigenvalue weighted by Crippen LogP contribution is 2.33. The van der Waals surface area contributed by atoms with Crippen molar-refractivity contribution < 1.29 is 13.5 Å². The molecule has 0 bridgehead atoms. The molecule has 0 amide bonds. The van der Waals surface area contributed by atoms with Crippen molar-refractivity contribution in [3.8, 4) is 5.75 Å². The van der Waals surface area contributed by atoms with Crippen LogP contribution in [-0.4, -0.2) is 0 Å². The van der Waals surface area contributed by atoms with Crippen molar-refractivity contribution in [1.29, 1.82) is 0 Å². The topological polar surface area (TPSA) is 35.2 Å². The first kappa shape index (κ1) is 15.0. The van der Waals surface area contributed by atoms with Gasteiger partial charge in [-0.25, -0.2) is 8.78 Å². The number of nitrogens with two attached hydrogens (primary N) is 1. The van der Waals surface area contributed by atoms with Crippen molar-refractivity contribution in [3.63, 3.8) is 0 Å². The minimum atomic E-state index is -0.676. The van der Waals surface area contributed by atoms with E-state index in [2.05, 4.69) is 0 Å². The molecule has 2 nitrogen and oxygen atoms in total. The van der Waals surface area contributed by atoms with Gasteiger partial charge in [0.25, 0.3) is 0 Å². The first-order valence-corrected chi connectivity index (χ1v) is 6.52. The van der Waals surface area contributed by atoms with Crippen LogP contribution in [0, 0.1) is 11.6 Å². The summed E-state index contributed by atoms with van der Waals surface area (Å²) in [5.74, 6) is -1.07. The van der Waals surface area contributed by atoms with E-state index in [9.17, 15) is 8.78 Å². The molecule has 0 aromatic heterocycles. The average Bonchev–Trinajstić information content (AvgIpc) is 2.39. The Hall–Kier alpha value is -1.36. The number of ether oxygens (including phenoxy) is 1. The van der Waals surface area contributed by atoms with E-state index in [-0.39, 0.29) is 29.5 Å². The van der Waals surface area contributed by atoms with Crippen LogP contribution in [0.3, 0.4) is 0 Å². The van der Waals surface area contributed by atoms with Gasteiger partial charge in [0, 0.05) is 17.1 Å². The summed E-state index contributed by atoms with van der Waals surface area (Å²) in [5.41, 5.74) is 5.98. The Morgan fingerprint density at radius 3 is 2.35 bits per heavy atom. The maximum Gasteiger partial charge on any atom is 0.142 e. The summed E-state index contributed by atoms with van der Waals surface area (Å²) in [7, 11) is 0. The van der Waals surface area contributed by atoms with E-state index in [0.29, 0.717) is 10.6 Å². The summed E-state index contributed by atoms with van der Waals surface area (Å²) in [6.07, 6.45) is 0. The van der Waals surface area contributed by atoms with E-state index in [1.54, 1.807) is 6.07 Å². The molecule has 0 fully saturated rings. The molecule has 0 saturated carbocycles. The number of hydrogen-bond acceptors (Lipinski definition) is 2. The van der Waals surface area contributed by atoms with Crippen LogP contribution in [0.2, 0.25) is 10.0 Å². The van der Waals surface area contributed by atoms with Gasteiger partial charge in [-0.05, 0) is 24.3 Å². The minimum absolute atomic E-state index is 0.148. The Balaban J connectivity index is 2.27. The summed E-state index contributed by atoms with van der Waals surface area (Å²) < 4.78 is 32.4. The van der Waals surface area contributed by atoms with Crippen LogP contribution < -0.4 is 10.5 Å². The summed E-state index contributed by atoms with van der Waals surface area (Å²) >= 11 is 11.9. The van der Waals surface area contributed by atoms with E-state index in [0.717, 1.165) is 12.1 Å².